The van der Waals surface area contributed by atoms with Crippen LogP contribution in [0.3, 0.4) is 0 Å². The summed E-state index contributed by atoms with van der Waals surface area (Å²) in [6, 6.07) is 0. The first-order chi connectivity index (χ1) is 7.86. The predicted octanol–water partition coefficient (Wildman–Crippen LogP) is 2.26. The van der Waals surface area contributed by atoms with Crippen molar-refractivity contribution in [2.24, 2.45) is 0 Å². The topological polar surface area (TPSA) is 48.4 Å². The van der Waals surface area contributed by atoms with Gasteiger partial charge in [0.15, 0.2) is 5.69 Å². The van der Waals surface area contributed by atoms with Crippen molar-refractivity contribution in [3.8, 4) is 0 Å². The zero-order valence-corrected chi connectivity index (χ0v) is 9.87. The smallest absolute Gasteiger partial charge is 0.357 e. The molecule has 0 aromatic carbocycles. The molecule has 88 valence electrons. The van der Waals surface area contributed by atoms with Crippen LogP contribution in [0, 0.1) is 0 Å². The highest BCUT2D eigenvalue weighted by atomic mass is 32.1. The Balaban J connectivity index is 1.59. The number of thiazole rings is 1. The van der Waals surface area contributed by atoms with E-state index in [-0.39, 0.29) is 5.97 Å². The molecule has 0 N–H and O–H groups in total. The van der Waals surface area contributed by atoms with Crippen molar-refractivity contribution in [3.05, 3.63) is 16.6 Å². The largest absolute Gasteiger partial charge is 0.461 e. The molecule has 1 aliphatic heterocycles. The number of hydrogen-bond acceptors (Lipinski definition) is 5. The molecule has 0 spiro atoms. The lowest BCUT2D eigenvalue weighted by Crippen LogP contribution is -2.10. The number of carbonyl (C=O) groups excluding carboxylic acids is 1. The summed E-state index contributed by atoms with van der Waals surface area (Å²) in [5.74, 6) is -0.325. The minimum absolute atomic E-state index is 0.325. The van der Waals surface area contributed by atoms with E-state index >= 15 is 0 Å². The van der Waals surface area contributed by atoms with Crippen LogP contribution in [0.25, 0.3) is 0 Å². The highest BCUT2D eigenvalue weighted by molar-refractivity contribution is 7.07. The molecule has 16 heavy (non-hydrogen) atoms. The summed E-state index contributed by atoms with van der Waals surface area (Å²) in [7, 11) is 0. The van der Waals surface area contributed by atoms with Crippen LogP contribution in [0.4, 0.5) is 0 Å². The summed E-state index contributed by atoms with van der Waals surface area (Å²) in [5, 5.41) is 1.70. The quantitative estimate of drug-likeness (QED) is 0.586. The third kappa shape index (κ3) is 3.28. The lowest BCUT2D eigenvalue weighted by molar-refractivity contribution is 0.0455. The number of aromatic nitrogens is 1. The van der Waals surface area contributed by atoms with Crippen molar-refractivity contribution in [1.29, 1.82) is 0 Å². The Hall–Kier alpha value is -0.940. The standard InChI is InChI=1S/C11H15NO3S/c13-11(10-7-16-8-12-10)15-6-2-4-9-3-1-5-14-9/h7-9H,1-6H2. The first-order valence-corrected chi connectivity index (χ1v) is 6.47. The fourth-order valence-electron chi connectivity index (χ4n) is 1.74. The fourth-order valence-corrected chi connectivity index (χ4v) is 2.26. The van der Waals surface area contributed by atoms with Crippen molar-refractivity contribution >= 4 is 17.3 Å². The third-order valence-corrected chi connectivity index (χ3v) is 3.16. The lowest BCUT2D eigenvalue weighted by atomic mass is 10.1. The van der Waals surface area contributed by atoms with E-state index in [2.05, 4.69) is 4.98 Å². The normalized spacial score (nSPS) is 19.9. The van der Waals surface area contributed by atoms with E-state index in [1.807, 2.05) is 0 Å². The highest BCUT2D eigenvalue weighted by Crippen LogP contribution is 2.16. The van der Waals surface area contributed by atoms with Crippen LogP contribution < -0.4 is 0 Å². The van der Waals surface area contributed by atoms with Gasteiger partial charge < -0.3 is 9.47 Å². The molecule has 2 rings (SSSR count). The summed E-state index contributed by atoms with van der Waals surface area (Å²) >= 11 is 1.40. The number of carbonyl (C=O) groups is 1. The van der Waals surface area contributed by atoms with Gasteiger partial charge in [0.2, 0.25) is 0 Å². The van der Waals surface area contributed by atoms with Gasteiger partial charge in [0.1, 0.15) is 0 Å². The number of hydrogen-bond donors (Lipinski definition) is 0. The van der Waals surface area contributed by atoms with Gasteiger partial charge in [-0.25, -0.2) is 9.78 Å². The fraction of sp³-hybridized carbons (Fsp3) is 0.636. The minimum Gasteiger partial charge on any atom is -0.461 e. The van der Waals surface area contributed by atoms with E-state index < -0.39 is 0 Å². The minimum atomic E-state index is -0.325. The summed E-state index contributed by atoms with van der Waals surface area (Å²) in [4.78, 5) is 15.3. The Kier molecular flexibility index (Phi) is 4.30. The van der Waals surface area contributed by atoms with Gasteiger partial charge in [-0.05, 0) is 25.7 Å². The van der Waals surface area contributed by atoms with Gasteiger partial charge in [0.25, 0.3) is 0 Å². The molecule has 0 aliphatic carbocycles. The molecule has 0 bridgehead atoms. The molecule has 1 aliphatic rings. The van der Waals surface area contributed by atoms with Gasteiger partial charge in [-0.2, -0.15) is 0 Å². The molecule has 4 nitrogen and oxygen atoms in total. The average Bonchev–Trinajstić information content (AvgIpc) is 2.96. The van der Waals surface area contributed by atoms with E-state index in [4.69, 9.17) is 9.47 Å². The van der Waals surface area contributed by atoms with E-state index in [0.717, 1.165) is 32.3 Å². The number of ether oxygens (including phenoxy) is 2. The summed E-state index contributed by atoms with van der Waals surface area (Å²) < 4.78 is 10.6. The SMILES string of the molecule is O=C(OCCCC1CCCO1)c1cscn1. The van der Waals surface area contributed by atoms with Crippen molar-refractivity contribution in [2.45, 2.75) is 31.8 Å². The van der Waals surface area contributed by atoms with Crippen LogP contribution in [-0.2, 0) is 9.47 Å². The molecule has 1 atom stereocenters. The molecule has 0 radical (unpaired) electrons. The van der Waals surface area contributed by atoms with Gasteiger partial charge in [-0.15, -0.1) is 11.3 Å². The van der Waals surface area contributed by atoms with Crippen molar-refractivity contribution in [1.82, 2.24) is 4.98 Å². The van der Waals surface area contributed by atoms with Crippen molar-refractivity contribution in [3.63, 3.8) is 0 Å². The lowest BCUT2D eigenvalue weighted by Gasteiger charge is -2.08. The Labute approximate surface area is 98.6 Å². The zero-order valence-electron chi connectivity index (χ0n) is 9.05. The van der Waals surface area contributed by atoms with Crippen LogP contribution in [0.1, 0.15) is 36.2 Å². The van der Waals surface area contributed by atoms with E-state index in [9.17, 15) is 4.79 Å². The van der Waals surface area contributed by atoms with Crippen LogP contribution in [-0.4, -0.2) is 30.3 Å². The first-order valence-electron chi connectivity index (χ1n) is 5.53. The predicted molar refractivity (Wildman–Crippen MR) is 60.6 cm³/mol. The van der Waals surface area contributed by atoms with Crippen LogP contribution in [0.2, 0.25) is 0 Å². The van der Waals surface area contributed by atoms with Crippen LogP contribution in [0.15, 0.2) is 10.9 Å². The summed E-state index contributed by atoms with van der Waals surface area (Å²) in [6.07, 6.45) is 4.51. The maximum Gasteiger partial charge on any atom is 0.357 e. The van der Waals surface area contributed by atoms with Gasteiger partial charge >= 0.3 is 5.97 Å². The summed E-state index contributed by atoms with van der Waals surface area (Å²) in [6.45, 7) is 1.33. The Morgan fingerprint density at radius 1 is 1.69 bits per heavy atom. The zero-order chi connectivity index (χ0) is 11.2. The second-order valence-electron chi connectivity index (χ2n) is 3.79. The number of esters is 1. The molecule has 2 heterocycles. The van der Waals surface area contributed by atoms with Crippen LogP contribution >= 0.6 is 11.3 Å². The second kappa shape index (κ2) is 5.96. The Morgan fingerprint density at radius 2 is 2.62 bits per heavy atom. The molecule has 5 heteroatoms. The van der Waals surface area contributed by atoms with Gasteiger partial charge in [-0.3, -0.25) is 0 Å². The maximum absolute atomic E-state index is 11.4. The number of nitrogens with zero attached hydrogens (tertiary/aromatic N) is 1. The molecule has 0 amide bonds. The Bertz CT molecular complexity index is 320. The van der Waals surface area contributed by atoms with E-state index in [1.54, 1.807) is 10.9 Å². The first kappa shape index (κ1) is 11.5. The van der Waals surface area contributed by atoms with Crippen molar-refractivity contribution < 1.29 is 14.3 Å². The van der Waals surface area contributed by atoms with Gasteiger partial charge in [0.05, 0.1) is 18.2 Å². The van der Waals surface area contributed by atoms with Gasteiger partial charge in [-0.1, -0.05) is 0 Å². The van der Waals surface area contributed by atoms with Crippen molar-refractivity contribution in [2.75, 3.05) is 13.2 Å². The average molecular weight is 241 g/mol. The Morgan fingerprint density at radius 3 is 3.31 bits per heavy atom. The van der Waals surface area contributed by atoms with E-state index in [1.165, 1.54) is 11.3 Å². The molecule has 1 aromatic heterocycles. The monoisotopic (exact) mass is 241 g/mol. The van der Waals surface area contributed by atoms with Crippen LogP contribution in [0.5, 0.6) is 0 Å². The third-order valence-electron chi connectivity index (χ3n) is 2.57. The molecule has 1 unspecified atom stereocenters. The maximum atomic E-state index is 11.4. The highest BCUT2D eigenvalue weighted by Gasteiger charge is 2.15. The second-order valence-corrected chi connectivity index (χ2v) is 4.51. The summed E-state index contributed by atoms with van der Waals surface area (Å²) in [5.41, 5.74) is 2.03. The molecular formula is C11H15NO3S. The van der Waals surface area contributed by atoms with E-state index in [0.29, 0.717) is 18.4 Å². The van der Waals surface area contributed by atoms with Gasteiger partial charge in [0, 0.05) is 12.0 Å². The molecular weight excluding hydrogens is 226 g/mol. The number of rotatable bonds is 5. The molecule has 1 saturated heterocycles. The molecule has 1 aromatic rings. The molecule has 0 saturated carbocycles. The molecule has 1 fully saturated rings.